The Balaban J connectivity index is 2.45. The second-order valence-corrected chi connectivity index (χ2v) is 6.07. The van der Waals surface area contributed by atoms with Gasteiger partial charge in [-0.2, -0.15) is 0 Å². The van der Waals surface area contributed by atoms with Crippen molar-refractivity contribution >= 4 is 29.3 Å². The first kappa shape index (κ1) is 16.3. The molecule has 2 N–H and O–H groups in total. The molecule has 0 bridgehead atoms. The number of carbonyl (C=O) groups is 1. The monoisotopic (exact) mass is 301 g/mol. The van der Waals surface area contributed by atoms with E-state index in [0.29, 0.717) is 23.1 Å². The maximum atomic E-state index is 11.9. The molecule has 1 aromatic rings. The summed E-state index contributed by atoms with van der Waals surface area (Å²) < 4.78 is 0. The second kappa shape index (κ2) is 8.46. The van der Waals surface area contributed by atoms with E-state index in [1.165, 1.54) is 11.8 Å². The van der Waals surface area contributed by atoms with Crippen molar-refractivity contribution in [1.29, 1.82) is 0 Å². The van der Waals surface area contributed by atoms with Crippen LogP contribution in [0, 0.1) is 5.92 Å². The van der Waals surface area contributed by atoms with E-state index < -0.39 is 0 Å². The number of halogens is 1. The molecule has 0 radical (unpaired) electrons. The van der Waals surface area contributed by atoms with Gasteiger partial charge in [-0.05, 0) is 24.5 Å². The fourth-order valence-electron chi connectivity index (χ4n) is 1.66. The van der Waals surface area contributed by atoms with E-state index >= 15 is 0 Å². The van der Waals surface area contributed by atoms with Gasteiger partial charge < -0.3 is 10.4 Å². The lowest BCUT2D eigenvalue weighted by Crippen LogP contribution is -2.40. The third-order valence-electron chi connectivity index (χ3n) is 2.79. The zero-order valence-corrected chi connectivity index (χ0v) is 12.8. The minimum Gasteiger partial charge on any atom is -0.396 e. The van der Waals surface area contributed by atoms with Crippen LogP contribution in [0.15, 0.2) is 29.2 Å². The summed E-state index contributed by atoms with van der Waals surface area (Å²) in [5.74, 6) is 0.608. The molecule has 0 fully saturated rings. The number of benzene rings is 1. The highest BCUT2D eigenvalue weighted by Crippen LogP contribution is 2.26. The van der Waals surface area contributed by atoms with E-state index in [2.05, 4.69) is 5.32 Å². The molecule has 106 valence electrons. The second-order valence-electron chi connectivity index (χ2n) is 4.65. The molecule has 1 unspecified atom stereocenters. The van der Waals surface area contributed by atoms with Gasteiger partial charge in [0.05, 0.1) is 10.8 Å². The van der Waals surface area contributed by atoms with E-state index in [4.69, 9.17) is 16.7 Å². The highest BCUT2D eigenvalue weighted by atomic mass is 35.5. The Morgan fingerprint density at radius 2 is 2.11 bits per heavy atom. The van der Waals surface area contributed by atoms with E-state index in [1.54, 1.807) is 0 Å². The Morgan fingerprint density at radius 3 is 2.68 bits per heavy atom. The summed E-state index contributed by atoms with van der Waals surface area (Å²) in [5, 5.41) is 12.6. The summed E-state index contributed by atoms with van der Waals surface area (Å²) in [6, 6.07) is 7.49. The average Bonchev–Trinajstić information content (AvgIpc) is 2.37. The Bertz CT molecular complexity index is 412. The Hall–Kier alpha value is -0.710. The lowest BCUT2D eigenvalue weighted by atomic mass is 10.0. The summed E-state index contributed by atoms with van der Waals surface area (Å²) in [5.41, 5.74) is 0. The first-order valence-electron chi connectivity index (χ1n) is 6.32. The standard InChI is InChI=1S/C14H20ClNO2S/c1-10(2)12(7-8-17)16-14(18)9-19-13-6-4-3-5-11(13)15/h3-6,10,12,17H,7-9H2,1-2H3,(H,16,18). The maximum absolute atomic E-state index is 11.9. The van der Waals surface area contributed by atoms with Gasteiger partial charge in [0.25, 0.3) is 0 Å². The van der Waals surface area contributed by atoms with Crippen molar-refractivity contribution in [2.45, 2.75) is 31.2 Å². The summed E-state index contributed by atoms with van der Waals surface area (Å²) in [7, 11) is 0. The number of hydrogen-bond acceptors (Lipinski definition) is 3. The largest absolute Gasteiger partial charge is 0.396 e. The van der Waals surface area contributed by atoms with Crippen LogP contribution in [0.25, 0.3) is 0 Å². The van der Waals surface area contributed by atoms with Crippen molar-refractivity contribution in [1.82, 2.24) is 5.32 Å². The normalized spacial score (nSPS) is 12.5. The number of carbonyl (C=O) groups excluding carboxylic acids is 1. The van der Waals surface area contributed by atoms with Crippen LogP contribution >= 0.6 is 23.4 Å². The fourth-order valence-corrected chi connectivity index (χ4v) is 2.71. The van der Waals surface area contributed by atoms with Gasteiger partial charge in [-0.1, -0.05) is 37.6 Å². The third-order valence-corrected chi connectivity index (χ3v) is 4.30. The van der Waals surface area contributed by atoms with Crippen molar-refractivity contribution in [2.75, 3.05) is 12.4 Å². The number of aliphatic hydroxyl groups excluding tert-OH is 1. The van der Waals surface area contributed by atoms with Crippen molar-refractivity contribution in [2.24, 2.45) is 5.92 Å². The van der Waals surface area contributed by atoms with Crippen LogP contribution in [0.4, 0.5) is 0 Å². The molecule has 1 amide bonds. The number of nitrogens with one attached hydrogen (secondary N) is 1. The molecule has 0 aliphatic rings. The maximum Gasteiger partial charge on any atom is 0.230 e. The molecular formula is C14H20ClNO2S. The van der Waals surface area contributed by atoms with Gasteiger partial charge in [-0.3, -0.25) is 4.79 Å². The number of hydrogen-bond donors (Lipinski definition) is 2. The third kappa shape index (κ3) is 5.85. The molecule has 5 heteroatoms. The molecule has 19 heavy (non-hydrogen) atoms. The first-order valence-corrected chi connectivity index (χ1v) is 7.68. The minimum absolute atomic E-state index is 0.0179. The van der Waals surface area contributed by atoms with Gasteiger partial charge in [-0.15, -0.1) is 11.8 Å². The molecule has 0 saturated carbocycles. The van der Waals surface area contributed by atoms with Gasteiger partial charge in [0.1, 0.15) is 0 Å². The van der Waals surface area contributed by atoms with Crippen molar-refractivity contribution < 1.29 is 9.90 Å². The highest BCUT2D eigenvalue weighted by molar-refractivity contribution is 8.00. The number of rotatable bonds is 7. The van der Waals surface area contributed by atoms with Crippen molar-refractivity contribution in [3.63, 3.8) is 0 Å². The Morgan fingerprint density at radius 1 is 1.42 bits per heavy atom. The van der Waals surface area contributed by atoms with Crippen LogP contribution in [-0.2, 0) is 4.79 Å². The molecule has 1 aromatic carbocycles. The predicted octanol–water partition coefficient (Wildman–Crippen LogP) is 2.96. The van der Waals surface area contributed by atoms with Gasteiger partial charge in [0, 0.05) is 17.5 Å². The van der Waals surface area contributed by atoms with Gasteiger partial charge in [0.15, 0.2) is 0 Å². The van der Waals surface area contributed by atoms with Crippen LogP contribution in [0.5, 0.6) is 0 Å². The lowest BCUT2D eigenvalue weighted by molar-refractivity contribution is -0.119. The SMILES string of the molecule is CC(C)C(CCO)NC(=O)CSc1ccccc1Cl. The van der Waals surface area contributed by atoms with Crippen molar-refractivity contribution in [3.8, 4) is 0 Å². The summed E-state index contributed by atoms with van der Waals surface area (Å²) in [6.07, 6.45) is 0.583. The highest BCUT2D eigenvalue weighted by Gasteiger charge is 2.15. The number of amides is 1. The van der Waals surface area contributed by atoms with Crippen molar-refractivity contribution in [3.05, 3.63) is 29.3 Å². The fraction of sp³-hybridized carbons (Fsp3) is 0.500. The molecule has 1 atom stereocenters. The van der Waals surface area contributed by atoms with E-state index in [1.807, 2.05) is 38.1 Å². The summed E-state index contributed by atoms with van der Waals surface area (Å²) in [4.78, 5) is 12.8. The summed E-state index contributed by atoms with van der Waals surface area (Å²) in [6.45, 7) is 4.14. The Kier molecular flexibility index (Phi) is 7.28. The zero-order chi connectivity index (χ0) is 14.3. The predicted molar refractivity (Wildman–Crippen MR) is 80.6 cm³/mol. The molecule has 0 saturated heterocycles. The number of thioether (sulfide) groups is 1. The van der Waals surface area contributed by atoms with Gasteiger partial charge >= 0.3 is 0 Å². The van der Waals surface area contributed by atoms with Crippen LogP contribution in [0.3, 0.4) is 0 Å². The molecule has 0 aromatic heterocycles. The zero-order valence-electron chi connectivity index (χ0n) is 11.2. The lowest BCUT2D eigenvalue weighted by Gasteiger charge is -2.21. The molecular weight excluding hydrogens is 282 g/mol. The van der Waals surface area contributed by atoms with Gasteiger partial charge in [-0.25, -0.2) is 0 Å². The average molecular weight is 302 g/mol. The van der Waals surface area contributed by atoms with E-state index in [9.17, 15) is 4.79 Å². The topological polar surface area (TPSA) is 49.3 Å². The molecule has 0 heterocycles. The molecule has 1 rings (SSSR count). The molecule has 0 aliphatic heterocycles. The van der Waals surface area contributed by atoms with Gasteiger partial charge in [0.2, 0.25) is 5.91 Å². The van der Waals surface area contributed by atoms with Crippen LogP contribution in [-0.4, -0.2) is 29.4 Å². The van der Waals surface area contributed by atoms with E-state index in [-0.39, 0.29) is 18.6 Å². The first-order chi connectivity index (χ1) is 9.04. The number of aliphatic hydroxyl groups is 1. The quantitative estimate of drug-likeness (QED) is 0.761. The smallest absolute Gasteiger partial charge is 0.230 e. The van der Waals surface area contributed by atoms with Crippen LogP contribution in [0.1, 0.15) is 20.3 Å². The van der Waals surface area contributed by atoms with E-state index in [0.717, 1.165) is 4.90 Å². The minimum atomic E-state index is -0.0305. The molecule has 3 nitrogen and oxygen atoms in total. The molecule has 0 aliphatic carbocycles. The summed E-state index contributed by atoms with van der Waals surface area (Å²) >= 11 is 7.45. The van der Waals surface area contributed by atoms with Crippen LogP contribution in [0.2, 0.25) is 5.02 Å². The Labute approximate surface area is 123 Å². The van der Waals surface area contributed by atoms with Crippen LogP contribution < -0.4 is 5.32 Å². The molecule has 0 spiro atoms.